The summed E-state index contributed by atoms with van der Waals surface area (Å²) < 4.78 is 11.1. The standard InChI is InChI=1S/C16H22N2O3/c17-15-10-20-9-14(15)16(19)18-11-5-7-13(8-6-11)21-12-3-1-2-4-12/h5-8,12,14-15H,1-4,9-10,17H2,(H,18,19). The summed E-state index contributed by atoms with van der Waals surface area (Å²) in [5, 5.41) is 2.88. The lowest BCUT2D eigenvalue weighted by Gasteiger charge is -2.15. The third kappa shape index (κ3) is 3.54. The van der Waals surface area contributed by atoms with E-state index in [4.69, 9.17) is 15.2 Å². The Morgan fingerprint density at radius 2 is 1.90 bits per heavy atom. The predicted molar refractivity (Wildman–Crippen MR) is 80.2 cm³/mol. The maximum absolute atomic E-state index is 12.1. The molecule has 0 bridgehead atoms. The van der Waals surface area contributed by atoms with Crippen LogP contribution in [0.15, 0.2) is 24.3 Å². The van der Waals surface area contributed by atoms with Gasteiger partial charge in [-0.3, -0.25) is 4.79 Å². The first kappa shape index (κ1) is 14.4. The van der Waals surface area contributed by atoms with Gasteiger partial charge in [0.1, 0.15) is 5.75 Å². The first-order chi connectivity index (χ1) is 10.2. The van der Waals surface area contributed by atoms with Crippen molar-refractivity contribution in [3.8, 4) is 5.75 Å². The van der Waals surface area contributed by atoms with Gasteiger partial charge in [0.05, 0.1) is 25.2 Å². The van der Waals surface area contributed by atoms with Crippen molar-refractivity contribution in [2.24, 2.45) is 11.7 Å². The number of hydrogen-bond acceptors (Lipinski definition) is 4. The fraction of sp³-hybridized carbons (Fsp3) is 0.562. The van der Waals surface area contributed by atoms with Crippen molar-refractivity contribution in [2.45, 2.75) is 37.8 Å². The van der Waals surface area contributed by atoms with Crippen LogP contribution in [0.2, 0.25) is 0 Å². The minimum atomic E-state index is -0.264. The van der Waals surface area contributed by atoms with Crippen molar-refractivity contribution in [1.82, 2.24) is 0 Å². The van der Waals surface area contributed by atoms with Gasteiger partial charge in [0, 0.05) is 11.7 Å². The summed E-state index contributed by atoms with van der Waals surface area (Å²) in [6, 6.07) is 7.32. The number of rotatable bonds is 4. The molecule has 1 aliphatic carbocycles. The highest BCUT2D eigenvalue weighted by atomic mass is 16.5. The van der Waals surface area contributed by atoms with Crippen LogP contribution in [-0.2, 0) is 9.53 Å². The Hall–Kier alpha value is -1.59. The largest absolute Gasteiger partial charge is 0.490 e. The molecule has 1 saturated carbocycles. The van der Waals surface area contributed by atoms with Crippen LogP contribution in [-0.4, -0.2) is 31.3 Å². The summed E-state index contributed by atoms with van der Waals surface area (Å²) in [6.07, 6.45) is 5.13. The molecule has 5 nitrogen and oxygen atoms in total. The Bertz CT molecular complexity index is 483. The van der Waals surface area contributed by atoms with Crippen molar-refractivity contribution in [1.29, 1.82) is 0 Å². The molecule has 1 aromatic carbocycles. The topological polar surface area (TPSA) is 73.6 Å². The minimum absolute atomic E-state index is 0.0792. The molecule has 0 spiro atoms. The molecular formula is C16H22N2O3. The Morgan fingerprint density at radius 3 is 2.52 bits per heavy atom. The number of benzene rings is 1. The van der Waals surface area contributed by atoms with E-state index in [1.165, 1.54) is 12.8 Å². The van der Waals surface area contributed by atoms with Gasteiger partial charge in [-0.05, 0) is 49.9 Å². The first-order valence-electron chi connectivity index (χ1n) is 7.63. The summed E-state index contributed by atoms with van der Waals surface area (Å²) in [7, 11) is 0. The van der Waals surface area contributed by atoms with E-state index in [0.29, 0.717) is 19.3 Å². The molecule has 5 heteroatoms. The van der Waals surface area contributed by atoms with Crippen LogP contribution in [0.3, 0.4) is 0 Å². The van der Waals surface area contributed by atoms with Crippen LogP contribution in [0.1, 0.15) is 25.7 Å². The lowest BCUT2D eigenvalue weighted by Crippen LogP contribution is -2.37. The number of carbonyl (C=O) groups is 1. The molecule has 1 saturated heterocycles. The van der Waals surface area contributed by atoms with Crippen molar-refractivity contribution < 1.29 is 14.3 Å². The van der Waals surface area contributed by atoms with Gasteiger partial charge >= 0.3 is 0 Å². The zero-order chi connectivity index (χ0) is 14.7. The van der Waals surface area contributed by atoms with E-state index in [-0.39, 0.29) is 17.9 Å². The molecule has 3 rings (SSSR count). The minimum Gasteiger partial charge on any atom is -0.490 e. The molecule has 3 N–H and O–H groups in total. The van der Waals surface area contributed by atoms with Gasteiger partial charge in [0.15, 0.2) is 0 Å². The number of nitrogens with two attached hydrogens (primary N) is 1. The monoisotopic (exact) mass is 290 g/mol. The third-order valence-electron chi connectivity index (χ3n) is 4.19. The molecule has 2 atom stereocenters. The van der Waals surface area contributed by atoms with Crippen molar-refractivity contribution >= 4 is 11.6 Å². The maximum atomic E-state index is 12.1. The van der Waals surface area contributed by atoms with Crippen LogP contribution in [0, 0.1) is 5.92 Å². The van der Waals surface area contributed by atoms with Gasteiger partial charge in [-0.2, -0.15) is 0 Å². The third-order valence-corrected chi connectivity index (χ3v) is 4.19. The fourth-order valence-electron chi connectivity index (χ4n) is 2.89. The lowest BCUT2D eigenvalue weighted by atomic mass is 10.0. The van der Waals surface area contributed by atoms with Crippen LogP contribution in [0.5, 0.6) is 5.75 Å². The average Bonchev–Trinajstić information content (AvgIpc) is 3.12. The van der Waals surface area contributed by atoms with Gasteiger partial charge in [0.25, 0.3) is 0 Å². The second kappa shape index (κ2) is 6.45. The van der Waals surface area contributed by atoms with Gasteiger partial charge in [-0.1, -0.05) is 0 Å². The van der Waals surface area contributed by atoms with Gasteiger partial charge in [-0.25, -0.2) is 0 Å². The molecule has 0 aromatic heterocycles. The highest BCUT2D eigenvalue weighted by Crippen LogP contribution is 2.25. The van der Waals surface area contributed by atoms with Crippen LogP contribution < -0.4 is 15.8 Å². The number of ether oxygens (including phenoxy) is 2. The number of anilines is 1. The molecule has 1 aliphatic heterocycles. The summed E-state index contributed by atoms with van der Waals surface area (Å²) in [4.78, 5) is 12.1. The highest BCUT2D eigenvalue weighted by Gasteiger charge is 2.31. The van der Waals surface area contributed by atoms with Gasteiger partial charge in [0.2, 0.25) is 5.91 Å². The molecule has 1 aromatic rings. The van der Waals surface area contributed by atoms with E-state index in [1.807, 2.05) is 24.3 Å². The lowest BCUT2D eigenvalue weighted by molar-refractivity contribution is -0.120. The Labute approximate surface area is 124 Å². The Kier molecular flexibility index (Phi) is 4.41. The first-order valence-corrected chi connectivity index (χ1v) is 7.63. The second-order valence-electron chi connectivity index (χ2n) is 5.85. The predicted octanol–water partition coefficient (Wildman–Crippen LogP) is 1.92. The van der Waals surface area contributed by atoms with Crippen LogP contribution in [0.25, 0.3) is 0 Å². The molecule has 0 radical (unpaired) electrons. The average molecular weight is 290 g/mol. The number of hydrogen-bond donors (Lipinski definition) is 2. The highest BCUT2D eigenvalue weighted by molar-refractivity contribution is 5.93. The molecule has 2 aliphatic rings. The molecule has 2 fully saturated rings. The molecule has 21 heavy (non-hydrogen) atoms. The SMILES string of the molecule is NC1COCC1C(=O)Nc1ccc(OC2CCCC2)cc1. The summed E-state index contributed by atoms with van der Waals surface area (Å²) in [5.41, 5.74) is 6.61. The van der Waals surface area contributed by atoms with E-state index in [2.05, 4.69) is 5.32 Å². The van der Waals surface area contributed by atoms with Crippen molar-refractivity contribution in [3.05, 3.63) is 24.3 Å². The zero-order valence-corrected chi connectivity index (χ0v) is 12.1. The second-order valence-corrected chi connectivity index (χ2v) is 5.85. The van der Waals surface area contributed by atoms with Crippen molar-refractivity contribution in [3.63, 3.8) is 0 Å². The summed E-state index contributed by atoms with van der Waals surface area (Å²) in [5.74, 6) is 0.518. The normalized spacial score (nSPS) is 26.0. The zero-order valence-electron chi connectivity index (χ0n) is 12.1. The quantitative estimate of drug-likeness (QED) is 0.888. The molecule has 2 unspecified atom stereocenters. The molecule has 1 amide bonds. The molecule has 1 heterocycles. The van der Waals surface area contributed by atoms with E-state index in [9.17, 15) is 4.79 Å². The van der Waals surface area contributed by atoms with E-state index >= 15 is 0 Å². The van der Waals surface area contributed by atoms with Gasteiger partial charge < -0.3 is 20.5 Å². The fourth-order valence-corrected chi connectivity index (χ4v) is 2.89. The Balaban J connectivity index is 1.55. The van der Waals surface area contributed by atoms with Crippen LogP contribution >= 0.6 is 0 Å². The van der Waals surface area contributed by atoms with Crippen molar-refractivity contribution in [2.75, 3.05) is 18.5 Å². The number of amides is 1. The smallest absolute Gasteiger partial charge is 0.231 e. The molecular weight excluding hydrogens is 268 g/mol. The molecule has 114 valence electrons. The van der Waals surface area contributed by atoms with E-state index < -0.39 is 0 Å². The number of nitrogens with one attached hydrogen (secondary N) is 1. The maximum Gasteiger partial charge on any atom is 0.231 e. The van der Waals surface area contributed by atoms with E-state index in [1.54, 1.807) is 0 Å². The van der Waals surface area contributed by atoms with Gasteiger partial charge in [-0.15, -0.1) is 0 Å². The summed E-state index contributed by atoms with van der Waals surface area (Å²) >= 11 is 0. The van der Waals surface area contributed by atoms with Crippen LogP contribution in [0.4, 0.5) is 5.69 Å². The summed E-state index contributed by atoms with van der Waals surface area (Å²) in [6.45, 7) is 0.849. The number of carbonyl (C=O) groups excluding carboxylic acids is 1. The Morgan fingerprint density at radius 1 is 1.19 bits per heavy atom. The van der Waals surface area contributed by atoms with E-state index in [0.717, 1.165) is 24.3 Å².